The van der Waals surface area contributed by atoms with Crippen molar-refractivity contribution in [2.45, 2.75) is 19.4 Å². The number of hydrogen-bond acceptors (Lipinski definition) is 4. The van der Waals surface area contributed by atoms with Crippen LogP contribution in [-0.2, 0) is 19.4 Å². The Morgan fingerprint density at radius 2 is 1.76 bits per heavy atom. The SMILES string of the molecule is COc1ccc2c(c1F)CCNC2.COc1cccc(CCN)c1F. The molecular weight excluding hydrogens is 326 g/mol. The summed E-state index contributed by atoms with van der Waals surface area (Å²) in [5.41, 5.74) is 7.77. The minimum atomic E-state index is -0.301. The van der Waals surface area contributed by atoms with Gasteiger partial charge in [-0.25, -0.2) is 8.78 Å². The molecule has 0 radical (unpaired) electrons. The first-order valence-corrected chi connectivity index (χ1v) is 8.18. The number of fused-ring (bicyclic) bond motifs is 1. The number of nitrogens with two attached hydrogens (primary N) is 1. The summed E-state index contributed by atoms with van der Waals surface area (Å²) < 4.78 is 36.6. The van der Waals surface area contributed by atoms with E-state index in [1.807, 2.05) is 6.07 Å². The van der Waals surface area contributed by atoms with Crippen LogP contribution in [0.25, 0.3) is 0 Å². The summed E-state index contributed by atoms with van der Waals surface area (Å²) in [6.45, 7) is 2.05. The molecule has 2 aromatic carbocycles. The van der Waals surface area contributed by atoms with Gasteiger partial charge in [-0.15, -0.1) is 0 Å². The second-order valence-corrected chi connectivity index (χ2v) is 5.62. The summed E-state index contributed by atoms with van der Waals surface area (Å²) in [6.07, 6.45) is 1.29. The Bertz CT molecular complexity index is 708. The van der Waals surface area contributed by atoms with E-state index < -0.39 is 0 Å². The van der Waals surface area contributed by atoms with E-state index in [0.717, 1.165) is 30.6 Å². The first-order valence-electron chi connectivity index (χ1n) is 8.18. The molecule has 0 fully saturated rings. The van der Waals surface area contributed by atoms with Crippen LogP contribution in [0.4, 0.5) is 8.78 Å². The van der Waals surface area contributed by atoms with Gasteiger partial charge in [0, 0.05) is 6.54 Å². The van der Waals surface area contributed by atoms with Crippen LogP contribution >= 0.6 is 0 Å². The summed E-state index contributed by atoms with van der Waals surface area (Å²) in [5, 5.41) is 3.20. The van der Waals surface area contributed by atoms with Crippen LogP contribution in [0.15, 0.2) is 30.3 Å². The van der Waals surface area contributed by atoms with Crippen LogP contribution in [0.5, 0.6) is 11.5 Å². The normalized spacial score (nSPS) is 12.7. The topological polar surface area (TPSA) is 56.5 Å². The minimum absolute atomic E-state index is 0.193. The second-order valence-electron chi connectivity index (χ2n) is 5.62. The lowest BCUT2D eigenvalue weighted by Crippen LogP contribution is -2.24. The van der Waals surface area contributed by atoms with Gasteiger partial charge in [-0.3, -0.25) is 0 Å². The molecule has 0 amide bonds. The fraction of sp³-hybridized carbons (Fsp3) is 0.368. The van der Waals surface area contributed by atoms with Gasteiger partial charge < -0.3 is 20.5 Å². The molecule has 2 aromatic rings. The van der Waals surface area contributed by atoms with Crippen molar-refractivity contribution in [2.24, 2.45) is 5.73 Å². The molecule has 0 saturated carbocycles. The summed E-state index contributed by atoms with van der Waals surface area (Å²) in [6, 6.07) is 8.66. The quantitative estimate of drug-likeness (QED) is 0.890. The van der Waals surface area contributed by atoms with E-state index in [0.29, 0.717) is 24.3 Å². The highest BCUT2D eigenvalue weighted by Crippen LogP contribution is 2.25. The molecule has 3 N–H and O–H groups in total. The van der Waals surface area contributed by atoms with Crippen molar-refractivity contribution in [3.8, 4) is 11.5 Å². The minimum Gasteiger partial charge on any atom is -0.494 e. The van der Waals surface area contributed by atoms with Crippen LogP contribution in [0.1, 0.15) is 16.7 Å². The molecule has 0 aromatic heterocycles. The molecule has 0 saturated heterocycles. The first kappa shape index (κ1) is 19.1. The molecule has 3 rings (SSSR count). The molecule has 6 heteroatoms. The summed E-state index contributed by atoms with van der Waals surface area (Å²) in [5.74, 6) is 0.133. The zero-order valence-electron chi connectivity index (χ0n) is 14.6. The zero-order valence-corrected chi connectivity index (χ0v) is 14.6. The van der Waals surface area contributed by atoms with Crippen LogP contribution in [-0.4, -0.2) is 27.3 Å². The molecule has 0 spiro atoms. The molecule has 1 aliphatic heterocycles. The fourth-order valence-corrected chi connectivity index (χ4v) is 2.73. The standard InChI is InChI=1S/C10H12FNO.C9H12FNO/c1-13-9-3-2-7-6-12-5-4-8(7)10(9)11;1-12-8-4-2-3-7(5-6-11)9(8)10/h2-3,12H,4-6H2,1H3;2-4H,5-6,11H2,1H3. The van der Waals surface area contributed by atoms with E-state index in [-0.39, 0.29) is 17.4 Å². The first-order chi connectivity index (χ1) is 12.1. The number of methoxy groups -OCH3 is 2. The third kappa shape index (κ3) is 4.67. The molecule has 0 unspecified atom stereocenters. The lowest BCUT2D eigenvalue weighted by Gasteiger charge is -2.18. The van der Waals surface area contributed by atoms with Crippen molar-refractivity contribution in [3.05, 3.63) is 58.7 Å². The maximum atomic E-state index is 13.6. The molecule has 0 atom stereocenters. The Kier molecular flexibility index (Phi) is 7.16. The third-order valence-electron chi connectivity index (χ3n) is 4.07. The predicted molar refractivity (Wildman–Crippen MR) is 94.1 cm³/mol. The van der Waals surface area contributed by atoms with Gasteiger partial charge in [0.1, 0.15) is 0 Å². The molecular formula is C19H24F2N2O2. The maximum absolute atomic E-state index is 13.6. The van der Waals surface area contributed by atoms with Crippen molar-refractivity contribution in [3.63, 3.8) is 0 Å². The molecule has 0 aliphatic carbocycles. The lowest BCUT2D eigenvalue weighted by atomic mass is 10.0. The van der Waals surface area contributed by atoms with Gasteiger partial charge in [0.25, 0.3) is 0 Å². The molecule has 136 valence electrons. The number of ether oxygens (including phenoxy) is 2. The predicted octanol–water partition coefficient (Wildman–Crippen LogP) is 2.82. The highest BCUT2D eigenvalue weighted by molar-refractivity contribution is 5.39. The Labute approximate surface area is 146 Å². The lowest BCUT2D eigenvalue weighted by molar-refractivity contribution is 0.382. The van der Waals surface area contributed by atoms with Gasteiger partial charge in [-0.2, -0.15) is 0 Å². The molecule has 1 heterocycles. The third-order valence-corrected chi connectivity index (χ3v) is 4.07. The van der Waals surface area contributed by atoms with Crippen molar-refractivity contribution in [2.75, 3.05) is 27.3 Å². The molecule has 0 bridgehead atoms. The summed E-state index contributed by atoms with van der Waals surface area (Å²) in [7, 11) is 2.94. The van der Waals surface area contributed by atoms with E-state index in [2.05, 4.69) is 5.32 Å². The van der Waals surface area contributed by atoms with Crippen molar-refractivity contribution in [1.82, 2.24) is 5.32 Å². The number of halogens is 2. The average Bonchev–Trinajstić information content (AvgIpc) is 2.65. The Hall–Kier alpha value is -2.18. The van der Waals surface area contributed by atoms with E-state index in [4.69, 9.17) is 15.2 Å². The maximum Gasteiger partial charge on any atom is 0.168 e. The smallest absolute Gasteiger partial charge is 0.168 e. The largest absolute Gasteiger partial charge is 0.494 e. The van der Waals surface area contributed by atoms with Gasteiger partial charge >= 0.3 is 0 Å². The average molecular weight is 350 g/mol. The number of hydrogen-bond donors (Lipinski definition) is 2. The van der Waals surface area contributed by atoms with E-state index in [1.54, 1.807) is 24.3 Å². The van der Waals surface area contributed by atoms with E-state index in [1.165, 1.54) is 14.2 Å². The number of nitrogens with one attached hydrogen (secondary N) is 1. The molecule has 1 aliphatic rings. The zero-order chi connectivity index (χ0) is 18.2. The van der Waals surface area contributed by atoms with E-state index >= 15 is 0 Å². The van der Waals surface area contributed by atoms with Crippen LogP contribution in [0, 0.1) is 11.6 Å². The van der Waals surface area contributed by atoms with Crippen molar-refractivity contribution < 1.29 is 18.3 Å². The summed E-state index contributed by atoms with van der Waals surface area (Å²) in [4.78, 5) is 0. The monoisotopic (exact) mass is 350 g/mol. The Morgan fingerprint density at radius 3 is 2.44 bits per heavy atom. The van der Waals surface area contributed by atoms with Crippen LogP contribution in [0.3, 0.4) is 0 Å². The fourth-order valence-electron chi connectivity index (χ4n) is 2.73. The molecule has 25 heavy (non-hydrogen) atoms. The number of rotatable bonds is 4. The van der Waals surface area contributed by atoms with Crippen LogP contribution in [0.2, 0.25) is 0 Å². The van der Waals surface area contributed by atoms with Gasteiger partial charge in [-0.05, 0) is 54.8 Å². The van der Waals surface area contributed by atoms with Gasteiger partial charge in [0.15, 0.2) is 23.1 Å². The van der Waals surface area contributed by atoms with Crippen LogP contribution < -0.4 is 20.5 Å². The van der Waals surface area contributed by atoms with E-state index in [9.17, 15) is 8.78 Å². The summed E-state index contributed by atoms with van der Waals surface area (Å²) >= 11 is 0. The highest BCUT2D eigenvalue weighted by Gasteiger charge is 2.16. The Morgan fingerprint density at radius 1 is 1.04 bits per heavy atom. The Balaban J connectivity index is 0.000000181. The highest BCUT2D eigenvalue weighted by atomic mass is 19.1. The van der Waals surface area contributed by atoms with Gasteiger partial charge in [-0.1, -0.05) is 18.2 Å². The van der Waals surface area contributed by atoms with Crippen molar-refractivity contribution in [1.29, 1.82) is 0 Å². The number of benzene rings is 2. The van der Waals surface area contributed by atoms with Gasteiger partial charge in [0.05, 0.1) is 14.2 Å². The molecule has 4 nitrogen and oxygen atoms in total. The second kappa shape index (κ2) is 9.34. The van der Waals surface area contributed by atoms with Crippen molar-refractivity contribution >= 4 is 0 Å². The van der Waals surface area contributed by atoms with Gasteiger partial charge in [0.2, 0.25) is 0 Å².